The highest BCUT2D eigenvalue weighted by Crippen LogP contribution is 2.08. The summed E-state index contributed by atoms with van der Waals surface area (Å²) < 4.78 is 5.29. The number of nitrogens with one attached hydrogen (secondary N) is 2. The van der Waals surface area contributed by atoms with E-state index in [-0.39, 0.29) is 12.1 Å². The predicted octanol–water partition coefficient (Wildman–Crippen LogP) is 2.39. The number of alkyl carbamates (subject to hydrolysis) is 1. The maximum absolute atomic E-state index is 12.0. The van der Waals surface area contributed by atoms with Gasteiger partial charge in [0.25, 0.3) is 0 Å². The Bertz CT molecular complexity index is 510. The van der Waals surface area contributed by atoms with Gasteiger partial charge < -0.3 is 20.3 Å². The summed E-state index contributed by atoms with van der Waals surface area (Å²) in [7, 11) is 3.34. The molecule has 0 spiro atoms. The van der Waals surface area contributed by atoms with Crippen molar-refractivity contribution in [2.45, 2.75) is 38.8 Å². The second-order valence-corrected chi connectivity index (χ2v) is 6.61. The van der Waals surface area contributed by atoms with Crippen molar-refractivity contribution in [2.75, 3.05) is 20.6 Å². The standard InChI is InChI=1S/C17H27N3O3/c1-17(2,3)23-16(22)19-14(12-18-15(21)20(4)5)11-13-9-7-6-8-10-13/h6-10,14H,11-12H2,1-5H3,(H,18,21)(H,19,22)/t14-/m0/s1. The molecule has 0 aliphatic carbocycles. The van der Waals surface area contributed by atoms with Crippen LogP contribution in [0.25, 0.3) is 0 Å². The molecular weight excluding hydrogens is 294 g/mol. The smallest absolute Gasteiger partial charge is 0.407 e. The molecule has 0 aliphatic rings. The number of hydrogen-bond donors (Lipinski definition) is 2. The molecule has 0 aromatic heterocycles. The predicted molar refractivity (Wildman–Crippen MR) is 90.4 cm³/mol. The summed E-state index contributed by atoms with van der Waals surface area (Å²) in [6.07, 6.45) is 0.117. The van der Waals surface area contributed by atoms with Crippen LogP contribution in [0.15, 0.2) is 30.3 Å². The highest BCUT2D eigenvalue weighted by atomic mass is 16.6. The van der Waals surface area contributed by atoms with Gasteiger partial charge in [0.15, 0.2) is 0 Å². The van der Waals surface area contributed by atoms with E-state index < -0.39 is 11.7 Å². The number of nitrogens with zero attached hydrogens (tertiary/aromatic N) is 1. The van der Waals surface area contributed by atoms with E-state index in [2.05, 4.69) is 10.6 Å². The molecular formula is C17H27N3O3. The van der Waals surface area contributed by atoms with Crippen molar-refractivity contribution in [3.63, 3.8) is 0 Å². The van der Waals surface area contributed by atoms with Gasteiger partial charge in [-0.1, -0.05) is 30.3 Å². The maximum atomic E-state index is 12.0. The van der Waals surface area contributed by atoms with E-state index in [9.17, 15) is 9.59 Å². The van der Waals surface area contributed by atoms with E-state index in [0.29, 0.717) is 13.0 Å². The van der Waals surface area contributed by atoms with Gasteiger partial charge in [0, 0.05) is 20.6 Å². The van der Waals surface area contributed by atoms with Gasteiger partial charge in [-0.15, -0.1) is 0 Å². The Morgan fingerprint density at radius 3 is 2.30 bits per heavy atom. The van der Waals surface area contributed by atoms with Crippen LogP contribution in [0.3, 0.4) is 0 Å². The molecule has 0 fully saturated rings. The fraction of sp³-hybridized carbons (Fsp3) is 0.529. The molecule has 0 saturated carbocycles. The zero-order chi connectivity index (χ0) is 17.5. The van der Waals surface area contributed by atoms with E-state index in [4.69, 9.17) is 4.74 Å². The van der Waals surface area contributed by atoms with Crippen molar-refractivity contribution < 1.29 is 14.3 Å². The lowest BCUT2D eigenvalue weighted by Gasteiger charge is -2.24. The molecule has 3 amide bonds. The molecule has 128 valence electrons. The van der Waals surface area contributed by atoms with Gasteiger partial charge in [0.2, 0.25) is 0 Å². The van der Waals surface area contributed by atoms with Gasteiger partial charge in [0.1, 0.15) is 5.60 Å². The molecule has 0 heterocycles. The number of carbonyl (C=O) groups is 2. The lowest BCUT2D eigenvalue weighted by atomic mass is 10.1. The van der Waals surface area contributed by atoms with Gasteiger partial charge in [-0.2, -0.15) is 0 Å². The first-order valence-corrected chi connectivity index (χ1v) is 7.66. The van der Waals surface area contributed by atoms with E-state index >= 15 is 0 Å². The molecule has 0 aliphatic heterocycles. The average molecular weight is 321 g/mol. The first-order chi connectivity index (χ1) is 10.7. The SMILES string of the molecule is CN(C)C(=O)NC[C@H](Cc1ccccc1)NC(=O)OC(C)(C)C. The van der Waals surface area contributed by atoms with Crippen LogP contribution in [-0.2, 0) is 11.2 Å². The molecule has 0 radical (unpaired) electrons. The van der Waals surface area contributed by atoms with E-state index in [1.165, 1.54) is 4.90 Å². The van der Waals surface area contributed by atoms with Gasteiger partial charge in [-0.3, -0.25) is 0 Å². The second-order valence-electron chi connectivity index (χ2n) is 6.61. The van der Waals surface area contributed by atoms with Crippen molar-refractivity contribution >= 4 is 12.1 Å². The van der Waals surface area contributed by atoms with Crippen LogP contribution in [0, 0.1) is 0 Å². The van der Waals surface area contributed by atoms with Crippen LogP contribution in [0.1, 0.15) is 26.3 Å². The summed E-state index contributed by atoms with van der Waals surface area (Å²) in [4.78, 5) is 25.1. The summed E-state index contributed by atoms with van der Waals surface area (Å²) in [5.74, 6) is 0. The third-order valence-electron chi connectivity index (χ3n) is 2.95. The van der Waals surface area contributed by atoms with Crippen LogP contribution >= 0.6 is 0 Å². The third kappa shape index (κ3) is 8.09. The number of rotatable bonds is 5. The first kappa shape index (κ1) is 18.8. The van der Waals surface area contributed by atoms with Crippen molar-refractivity contribution in [1.82, 2.24) is 15.5 Å². The summed E-state index contributed by atoms with van der Waals surface area (Å²) in [5.41, 5.74) is 0.515. The number of amides is 3. The van der Waals surface area contributed by atoms with E-state index in [1.807, 2.05) is 51.1 Å². The normalized spacial score (nSPS) is 12.2. The van der Waals surface area contributed by atoms with Crippen LogP contribution in [0.4, 0.5) is 9.59 Å². The largest absolute Gasteiger partial charge is 0.444 e. The highest BCUT2D eigenvalue weighted by Gasteiger charge is 2.20. The zero-order valence-corrected chi connectivity index (χ0v) is 14.6. The Morgan fingerprint density at radius 2 is 1.78 bits per heavy atom. The Kier molecular flexibility index (Phi) is 6.88. The molecule has 23 heavy (non-hydrogen) atoms. The summed E-state index contributed by atoms with van der Waals surface area (Å²) in [5, 5.41) is 5.61. The number of carbonyl (C=O) groups excluding carboxylic acids is 2. The summed E-state index contributed by atoms with van der Waals surface area (Å²) in [6, 6.07) is 9.34. The van der Waals surface area contributed by atoms with E-state index in [0.717, 1.165) is 5.56 Å². The molecule has 0 bridgehead atoms. The van der Waals surface area contributed by atoms with Crippen molar-refractivity contribution in [3.05, 3.63) is 35.9 Å². The molecule has 2 N–H and O–H groups in total. The molecule has 0 saturated heterocycles. The lowest BCUT2D eigenvalue weighted by Crippen LogP contribution is -2.48. The van der Waals surface area contributed by atoms with Crippen molar-refractivity contribution in [3.8, 4) is 0 Å². The average Bonchev–Trinajstić information content (AvgIpc) is 2.43. The molecule has 1 rings (SSSR count). The van der Waals surface area contributed by atoms with Gasteiger partial charge in [-0.05, 0) is 32.8 Å². The Morgan fingerprint density at radius 1 is 1.17 bits per heavy atom. The van der Waals surface area contributed by atoms with Crippen molar-refractivity contribution in [1.29, 1.82) is 0 Å². The molecule has 1 aromatic carbocycles. The number of benzene rings is 1. The summed E-state index contributed by atoms with van der Waals surface area (Å²) in [6.45, 7) is 5.76. The number of urea groups is 1. The fourth-order valence-corrected chi connectivity index (χ4v) is 1.92. The number of hydrogen-bond acceptors (Lipinski definition) is 3. The Labute approximate surface area is 138 Å². The second kappa shape index (κ2) is 8.41. The van der Waals surface area contributed by atoms with Crippen molar-refractivity contribution in [2.24, 2.45) is 0 Å². The quantitative estimate of drug-likeness (QED) is 0.875. The zero-order valence-electron chi connectivity index (χ0n) is 14.6. The highest BCUT2D eigenvalue weighted by molar-refractivity contribution is 5.73. The van der Waals surface area contributed by atoms with Crippen LogP contribution in [0.2, 0.25) is 0 Å². The lowest BCUT2D eigenvalue weighted by molar-refractivity contribution is 0.0503. The van der Waals surface area contributed by atoms with Crippen LogP contribution < -0.4 is 10.6 Å². The van der Waals surface area contributed by atoms with Gasteiger partial charge >= 0.3 is 12.1 Å². The molecule has 6 nitrogen and oxygen atoms in total. The van der Waals surface area contributed by atoms with Gasteiger partial charge in [-0.25, -0.2) is 9.59 Å². The minimum atomic E-state index is -0.561. The number of ether oxygens (including phenoxy) is 1. The minimum Gasteiger partial charge on any atom is -0.444 e. The first-order valence-electron chi connectivity index (χ1n) is 7.66. The molecule has 1 aromatic rings. The topological polar surface area (TPSA) is 70.7 Å². The van der Waals surface area contributed by atoms with Crippen LogP contribution in [0.5, 0.6) is 0 Å². The summed E-state index contributed by atoms with van der Waals surface area (Å²) >= 11 is 0. The third-order valence-corrected chi connectivity index (χ3v) is 2.95. The Hall–Kier alpha value is -2.24. The maximum Gasteiger partial charge on any atom is 0.407 e. The molecule has 1 atom stereocenters. The monoisotopic (exact) mass is 321 g/mol. The van der Waals surface area contributed by atoms with E-state index in [1.54, 1.807) is 14.1 Å². The van der Waals surface area contributed by atoms with Gasteiger partial charge in [0.05, 0.1) is 6.04 Å². The Balaban J connectivity index is 2.67. The fourth-order valence-electron chi connectivity index (χ4n) is 1.92. The van der Waals surface area contributed by atoms with Crippen LogP contribution in [-0.4, -0.2) is 49.3 Å². The minimum absolute atomic E-state index is 0.200. The molecule has 0 unspecified atom stereocenters. The molecule has 6 heteroatoms.